The fourth-order valence-corrected chi connectivity index (χ4v) is 3.48. The summed E-state index contributed by atoms with van der Waals surface area (Å²) in [6, 6.07) is 18.1. The molecule has 1 aliphatic heterocycles. The fourth-order valence-electron chi connectivity index (χ4n) is 3.48. The van der Waals surface area contributed by atoms with Crippen molar-refractivity contribution in [1.82, 2.24) is 4.90 Å². The Bertz CT molecular complexity index is 658. The van der Waals surface area contributed by atoms with E-state index in [4.69, 9.17) is 4.74 Å². The van der Waals surface area contributed by atoms with Crippen molar-refractivity contribution >= 4 is 5.91 Å². The highest BCUT2D eigenvalue weighted by Gasteiger charge is 2.23. The van der Waals surface area contributed by atoms with E-state index in [1.165, 1.54) is 12.0 Å². The molecule has 1 fully saturated rings. The fraction of sp³-hybridized carbons (Fsp3) is 0.409. The molecule has 3 heteroatoms. The molecule has 1 saturated heterocycles. The molecule has 0 aromatic heterocycles. The van der Waals surface area contributed by atoms with Crippen LogP contribution >= 0.6 is 0 Å². The number of piperidine rings is 1. The average molecular weight is 337 g/mol. The SMILES string of the molecule is CCOc1ccc(CCC2CCN(C(=O)c3ccccc3)CC2)cc1. The minimum Gasteiger partial charge on any atom is -0.494 e. The third kappa shape index (κ3) is 4.85. The standard InChI is InChI=1S/C22H27NO2/c1-2-25-21-12-10-18(11-13-21)8-9-19-14-16-23(17-15-19)22(24)20-6-4-3-5-7-20/h3-7,10-13,19H,2,8-9,14-17H2,1H3. The number of benzene rings is 2. The molecule has 0 saturated carbocycles. The number of nitrogens with zero attached hydrogens (tertiary/aromatic N) is 1. The third-order valence-corrected chi connectivity index (χ3v) is 5.00. The molecule has 1 heterocycles. The van der Waals surface area contributed by atoms with Gasteiger partial charge in [-0.1, -0.05) is 30.3 Å². The highest BCUT2D eigenvalue weighted by molar-refractivity contribution is 5.94. The Labute approximate surface area is 150 Å². The van der Waals surface area contributed by atoms with E-state index in [9.17, 15) is 4.79 Å². The topological polar surface area (TPSA) is 29.5 Å². The number of hydrogen-bond acceptors (Lipinski definition) is 2. The van der Waals surface area contributed by atoms with Gasteiger partial charge in [-0.05, 0) is 68.4 Å². The quantitative estimate of drug-likeness (QED) is 0.773. The van der Waals surface area contributed by atoms with Crippen LogP contribution in [0.1, 0.15) is 42.1 Å². The summed E-state index contributed by atoms with van der Waals surface area (Å²) in [7, 11) is 0. The van der Waals surface area contributed by atoms with Gasteiger partial charge in [0.25, 0.3) is 5.91 Å². The zero-order valence-corrected chi connectivity index (χ0v) is 15.0. The van der Waals surface area contributed by atoms with Gasteiger partial charge in [0.2, 0.25) is 0 Å². The zero-order valence-electron chi connectivity index (χ0n) is 15.0. The van der Waals surface area contributed by atoms with Gasteiger partial charge < -0.3 is 9.64 Å². The van der Waals surface area contributed by atoms with Gasteiger partial charge in [-0.15, -0.1) is 0 Å². The van der Waals surface area contributed by atoms with Gasteiger partial charge in [-0.3, -0.25) is 4.79 Å². The molecule has 2 aromatic rings. The van der Waals surface area contributed by atoms with Crippen molar-refractivity contribution in [2.45, 2.75) is 32.6 Å². The molecule has 0 radical (unpaired) electrons. The van der Waals surface area contributed by atoms with Crippen LogP contribution < -0.4 is 4.74 Å². The summed E-state index contributed by atoms with van der Waals surface area (Å²) < 4.78 is 5.49. The molecule has 1 aliphatic rings. The van der Waals surface area contributed by atoms with Crippen molar-refractivity contribution in [3.8, 4) is 5.75 Å². The van der Waals surface area contributed by atoms with Gasteiger partial charge >= 0.3 is 0 Å². The molecule has 0 aliphatic carbocycles. The highest BCUT2D eigenvalue weighted by Crippen LogP contribution is 2.24. The number of aryl methyl sites for hydroxylation is 1. The molecular formula is C22H27NO2. The van der Waals surface area contributed by atoms with Gasteiger partial charge in [0.05, 0.1) is 6.61 Å². The summed E-state index contributed by atoms with van der Waals surface area (Å²) in [6.07, 6.45) is 4.51. The van der Waals surface area contributed by atoms with Crippen molar-refractivity contribution in [2.24, 2.45) is 5.92 Å². The van der Waals surface area contributed by atoms with E-state index in [1.54, 1.807) is 0 Å². The van der Waals surface area contributed by atoms with E-state index in [-0.39, 0.29) is 5.91 Å². The lowest BCUT2D eigenvalue weighted by Gasteiger charge is -2.32. The Morgan fingerprint density at radius 3 is 2.36 bits per heavy atom. The van der Waals surface area contributed by atoms with Gasteiger partial charge in [0, 0.05) is 18.7 Å². The van der Waals surface area contributed by atoms with Gasteiger partial charge in [0.1, 0.15) is 5.75 Å². The lowest BCUT2D eigenvalue weighted by atomic mass is 9.90. The summed E-state index contributed by atoms with van der Waals surface area (Å²) in [5.41, 5.74) is 2.17. The summed E-state index contributed by atoms with van der Waals surface area (Å²) in [4.78, 5) is 14.5. The van der Waals surface area contributed by atoms with Crippen molar-refractivity contribution in [1.29, 1.82) is 0 Å². The molecular weight excluding hydrogens is 310 g/mol. The Hall–Kier alpha value is -2.29. The van der Waals surface area contributed by atoms with Crippen LogP contribution in [0.15, 0.2) is 54.6 Å². The molecule has 0 spiro atoms. The zero-order chi connectivity index (χ0) is 17.5. The molecule has 3 nitrogen and oxygen atoms in total. The van der Waals surface area contributed by atoms with Crippen molar-refractivity contribution in [2.75, 3.05) is 19.7 Å². The van der Waals surface area contributed by atoms with Crippen LogP contribution in [0.3, 0.4) is 0 Å². The number of ether oxygens (including phenoxy) is 1. The van der Waals surface area contributed by atoms with Crippen LogP contribution in [0.2, 0.25) is 0 Å². The maximum Gasteiger partial charge on any atom is 0.253 e. The number of hydrogen-bond donors (Lipinski definition) is 0. The first-order chi connectivity index (χ1) is 12.3. The number of rotatable bonds is 6. The number of amides is 1. The van der Waals surface area contributed by atoms with E-state index >= 15 is 0 Å². The maximum atomic E-state index is 12.5. The van der Waals surface area contributed by atoms with Crippen molar-refractivity contribution < 1.29 is 9.53 Å². The van der Waals surface area contributed by atoms with E-state index in [1.807, 2.05) is 42.2 Å². The number of carbonyl (C=O) groups excluding carboxylic acids is 1. The highest BCUT2D eigenvalue weighted by atomic mass is 16.5. The van der Waals surface area contributed by atoms with Crippen molar-refractivity contribution in [3.63, 3.8) is 0 Å². The van der Waals surface area contributed by atoms with E-state index < -0.39 is 0 Å². The van der Waals surface area contributed by atoms with Gasteiger partial charge in [0.15, 0.2) is 0 Å². The average Bonchev–Trinajstić information content (AvgIpc) is 2.68. The largest absolute Gasteiger partial charge is 0.494 e. The second-order valence-electron chi connectivity index (χ2n) is 6.72. The van der Waals surface area contributed by atoms with Crippen LogP contribution in [0, 0.1) is 5.92 Å². The van der Waals surface area contributed by atoms with Crippen LogP contribution in [0.5, 0.6) is 5.75 Å². The minimum absolute atomic E-state index is 0.172. The first kappa shape index (κ1) is 17.5. The first-order valence-corrected chi connectivity index (χ1v) is 9.32. The number of carbonyl (C=O) groups is 1. The summed E-state index contributed by atoms with van der Waals surface area (Å²) in [5, 5.41) is 0. The Kier molecular flexibility index (Phi) is 6.10. The molecule has 3 rings (SSSR count). The second-order valence-corrected chi connectivity index (χ2v) is 6.72. The normalized spacial score (nSPS) is 15.2. The molecule has 132 valence electrons. The van der Waals surface area contributed by atoms with Crippen LogP contribution in [-0.4, -0.2) is 30.5 Å². The van der Waals surface area contributed by atoms with Crippen molar-refractivity contribution in [3.05, 3.63) is 65.7 Å². The number of likely N-dealkylation sites (tertiary alicyclic amines) is 1. The van der Waals surface area contributed by atoms with Gasteiger partial charge in [-0.25, -0.2) is 0 Å². The molecule has 0 N–H and O–H groups in total. The molecule has 0 atom stereocenters. The monoisotopic (exact) mass is 337 g/mol. The molecule has 0 unspecified atom stereocenters. The van der Waals surface area contributed by atoms with E-state index in [0.29, 0.717) is 12.5 Å². The molecule has 25 heavy (non-hydrogen) atoms. The predicted octanol–water partition coefficient (Wildman–Crippen LogP) is 4.57. The Balaban J connectivity index is 1.44. The summed E-state index contributed by atoms with van der Waals surface area (Å²) >= 11 is 0. The molecule has 1 amide bonds. The second kappa shape index (κ2) is 8.70. The maximum absolute atomic E-state index is 12.5. The van der Waals surface area contributed by atoms with E-state index in [0.717, 1.165) is 43.7 Å². The van der Waals surface area contributed by atoms with Crippen LogP contribution in [0.4, 0.5) is 0 Å². The molecule has 0 bridgehead atoms. The Morgan fingerprint density at radius 1 is 1.04 bits per heavy atom. The van der Waals surface area contributed by atoms with Crippen LogP contribution in [0.25, 0.3) is 0 Å². The minimum atomic E-state index is 0.172. The Morgan fingerprint density at radius 2 is 1.72 bits per heavy atom. The predicted molar refractivity (Wildman–Crippen MR) is 101 cm³/mol. The smallest absolute Gasteiger partial charge is 0.253 e. The van der Waals surface area contributed by atoms with Crippen LogP contribution in [-0.2, 0) is 6.42 Å². The lowest BCUT2D eigenvalue weighted by Crippen LogP contribution is -2.38. The lowest BCUT2D eigenvalue weighted by molar-refractivity contribution is 0.0687. The van der Waals surface area contributed by atoms with Gasteiger partial charge in [-0.2, -0.15) is 0 Å². The van der Waals surface area contributed by atoms with E-state index in [2.05, 4.69) is 24.3 Å². The summed E-state index contributed by atoms with van der Waals surface area (Å²) in [6.45, 7) is 4.46. The first-order valence-electron chi connectivity index (χ1n) is 9.32. The third-order valence-electron chi connectivity index (χ3n) is 5.00. The summed E-state index contributed by atoms with van der Waals surface area (Å²) in [5.74, 6) is 1.83. The molecule has 2 aromatic carbocycles.